The quantitative estimate of drug-likeness (QED) is 0.662. The smallest absolute Gasteiger partial charge is 0.277 e. The molecule has 0 saturated heterocycles. The van der Waals surface area contributed by atoms with Crippen molar-refractivity contribution < 1.29 is 9.21 Å². The van der Waals surface area contributed by atoms with Gasteiger partial charge in [0.15, 0.2) is 0 Å². The minimum Gasteiger partial charge on any atom is -0.411 e. The van der Waals surface area contributed by atoms with E-state index in [9.17, 15) is 4.79 Å². The number of benzene rings is 1. The van der Waals surface area contributed by atoms with Crippen molar-refractivity contribution >= 4 is 28.6 Å². The predicted molar refractivity (Wildman–Crippen MR) is 107 cm³/mol. The standard InChI is InChI=1S/C20H24N4O2S/c1-13-7-9-14(10-8-13)24(2)18(25)12-27-20-23-22-19(26-20)16-11-21-17-6-4-3-5-15(16)17/h3-6,11,13-14,21H,7-10,12H2,1-2H3. The summed E-state index contributed by atoms with van der Waals surface area (Å²) in [6.45, 7) is 2.29. The normalized spacial score (nSPS) is 20.1. The van der Waals surface area contributed by atoms with Crippen LogP contribution >= 0.6 is 11.8 Å². The first kappa shape index (κ1) is 18.1. The van der Waals surface area contributed by atoms with Crippen LogP contribution in [0, 0.1) is 5.92 Å². The van der Waals surface area contributed by atoms with E-state index in [-0.39, 0.29) is 5.91 Å². The summed E-state index contributed by atoms with van der Waals surface area (Å²) in [5, 5.41) is 9.71. The lowest BCUT2D eigenvalue weighted by Crippen LogP contribution is -2.40. The van der Waals surface area contributed by atoms with E-state index in [1.807, 2.05) is 42.4 Å². The fourth-order valence-electron chi connectivity index (χ4n) is 3.68. The highest BCUT2D eigenvalue weighted by Gasteiger charge is 2.25. The molecule has 6 nitrogen and oxygen atoms in total. The molecular formula is C20H24N4O2S. The van der Waals surface area contributed by atoms with E-state index in [1.54, 1.807) is 0 Å². The van der Waals surface area contributed by atoms with Gasteiger partial charge in [-0.05, 0) is 37.7 Å². The summed E-state index contributed by atoms with van der Waals surface area (Å²) in [5.41, 5.74) is 1.91. The van der Waals surface area contributed by atoms with Crippen molar-refractivity contribution in [2.75, 3.05) is 12.8 Å². The van der Waals surface area contributed by atoms with Gasteiger partial charge in [-0.25, -0.2) is 0 Å². The van der Waals surface area contributed by atoms with E-state index in [0.717, 1.165) is 35.2 Å². The Morgan fingerprint density at radius 1 is 1.26 bits per heavy atom. The number of aromatic amines is 1. The van der Waals surface area contributed by atoms with E-state index in [1.165, 1.54) is 24.6 Å². The largest absolute Gasteiger partial charge is 0.411 e. The number of hydrogen-bond acceptors (Lipinski definition) is 5. The SMILES string of the molecule is CC1CCC(N(C)C(=O)CSc2nnc(-c3c[nH]c4ccccc34)o2)CC1. The highest BCUT2D eigenvalue weighted by molar-refractivity contribution is 7.99. The minimum absolute atomic E-state index is 0.117. The highest BCUT2D eigenvalue weighted by Crippen LogP contribution is 2.30. The Morgan fingerprint density at radius 3 is 2.85 bits per heavy atom. The number of H-pyrrole nitrogens is 1. The van der Waals surface area contributed by atoms with Crippen molar-refractivity contribution in [1.29, 1.82) is 0 Å². The molecule has 0 unspecified atom stereocenters. The number of carbonyl (C=O) groups excluding carboxylic acids is 1. The Hall–Kier alpha value is -2.28. The molecule has 1 aliphatic rings. The molecule has 142 valence electrons. The maximum Gasteiger partial charge on any atom is 0.277 e. The molecule has 0 bridgehead atoms. The molecule has 1 aliphatic carbocycles. The molecule has 4 rings (SSSR count). The van der Waals surface area contributed by atoms with Gasteiger partial charge in [0.25, 0.3) is 11.1 Å². The summed E-state index contributed by atoms with van der Waals surface area (Å²) < 4.78 is 5.78. The number of hydrogen-bond donors (Lipinski definition) is 1. The number of fused-ring (bicyclic) bond motifs is 1. The number of nitrogens with one attached hydrogen (secondary N) is 1. The minimum atomic E-state index is 0.117. The van der Waals surface area contributed by atoms with Gasteiger partial charge in [0, 0.05) is 30.2 Å². The highest BCUT2D eigenvalue weighted by atomic mass is 32.2. The molecular weight excluding hydrogens is 360 g/mol. The van der Waals surface area contributed by atoms with Crippen LogP contribution in [0.15, 0.2) is 40.1 Å². The van der Waals surface area contributed by atoms with Crippen molar-refractivity contribution in [3.05, 3.63) is 30.5 Å². The average molecular weight is 385 g/mol. The summed E-state index contributed by atoms with van der Waals surface area (Å²) in [5.74, 6) is 1.68. The maximum atomic E-state index is 12.5. The first-order chi connectivity index (χ1) is 13.1. The van der Waals surface area contributed by atoms with Crippen molar-refractivity contribution in [1.82, 2.24) is 20.1 Å². The van der Waals surface area contributed by atoms with Gasteiger partial charge in [0.2, 0.25) is 5.91 Å². The molecule has 27 heavy (non-hydrogen) atoms. The van der Waals surface area contributed by atoms with E-state index in [0.29, 0.717) is 22.9 Å². The monoisotopic (exact) mass is 384 g/mol. The summed E-state index contributed by atoms with van der Waals surface area (Å²) in [4.78, 5) is 17.6. The number of para-hydroxylation sites is 1. The summed E-state index contributed by atoms with van der Waals surface area (Å²) in [7, 11) is 1.91. The van der Waals surface area contributed by atoms with E-state index in [4.69, 9.17) is 4.42 Å². The van der Waals surface area contributed by atoms with E-state index < -0.39 is 0 Å². The fraction of sp³-hybridized carbons (Fsp3) is 0.450. The van der Waals surface area contributed by atoms with Gasteiger partial charge >= 0.3 is 0 Å². The van der Waals surface area contributed by atoms with Gasteiger partial charge in [-0.3, -0.25) is 4.79 Å². The van der Waals surface area contributed by atoms with Gasteiger partial charge in [-0.2, -0.15) is 0 Å². The van der Waals surface area contributed by atoms with Crippen LogP contribution in [0.1, 0.15) is 32.6 Å². The molecule has 0 spiro atoms. The third-order valence-electron chi connectivity index (χ3n) is 5.47. The van der Waals surface area contributed by atoms with Crippen molar-refractivity contribution in [2.45, 2.75) is 43.9 Å². The lowest BCUT2D eigenvalue weighted by Gasteiger charge is -2.33. The first-order valence-electron chi connectivity index (χ1n) is 9.40. The Labute approximate surface area is 162 Å². The Morgan fingerprint density at radius 2 is 2.04 bits per heavy atom. The zero-order valence-corrected chi connectivity index (χ0v) is 16.5. The van der Waals surface area contributed by atoms with Crippen LogP contribution in [0.3, 0.4) is 0 Å². The number of rotatable bonds is 5. The van der Waals surface area contributed by atoms with Gasteiger partial charge < -0.3 is 14.3 Å². The Balaban J connectivity index is 1.37. The average Bonchev–Trinajstić information content (AvgIpc) is 3.32. The van der Waals surface area contributed by atoms with Crippen molar-refractivity contribution in [3.8, 4) is 11.5 Å². The molecule has 0 radical (unpaired) electrons. The third kappa shape index (κ3) is 3.88. The zero-order chi connectivity index (χ0) is 18.8. The number of nitrogens with zero attached hydrogens (tertiary/aromatic N) is 3. The van der Waals surface area contributed by atoms with Gasteiger partial charge in [-0.1, -0.05) is 36.9 Å². The molecule has 1 fully saturated rings. The fourth-order valence-corrected chi connectivity index (χ4v) is 4.37. The van der Waals surface area contributed by atoms with Crippen molar-refractivity contribution in [3.63, 3.8) is 0 Å². The van der Waals surface area contributed by atoms with E-state index >= 15 is 0 Å². The summed E-state index contributed by atoms with van der Waals surface area (Å²) in [6, 6.07) is 8.34. The van der Waals surface area contributed by atoms with Crippen molar-refractivity contribution in [2.24, 2.45) is 5.92 Å². The van der Waals surface area contributed by atoms with E-state index in [2.05, 4.69) is 22.1 Å². The second kappa shape index (κ2) is 7.76. The van der Waals surface area contributed by atoms with Crippen LogP contribution in [0.25, 0.3) is 22.4 Å². The maximum absolute atomic E-state index is 12.5. The molecule has 1 amide bonds. The number of thioether (sulfide) groups is 1. The zero-order valence-electron chi connectivity index (χ0n) is 15.6. The molecule has 0 atom stereocenters. The summed E-state index contributed by atoms with van der Waals surface area (Å²) >= 11 is 1.30. The predicted octanol–water partition coefficient (Wildman–Crippen LogP) is 4.35. The van der Waals surface area contributed by atoms with Gasteiger partial charge in [0.05, 0.1) is 11.3 Å². The Kier molecular flexibility index (Phi) is 5.20. The molecule has 1 aromatic carbocycles. The molecule has 1 N–H and O–H groups in total. The van der Waals surface area contributed by atoms with Crippen LogP contribution in [-0.2, 0) is 4.79 Å². The van der Waals surface area contributed by atoms with Crippen LogP contribution in [0.4, 0.5) is 0 Å². The lowest BCUT2D eigenvalue weighted by molar-refractivity contribution is -0.129. The van der Waals surface area contributed by atoms with Crippen LogP contribution in [-0.4, -0.2) is 44.8 Å². The molecule has 0 aliphatic heterocycles. The molecule has 2 heterocycles. The van der Waals surface area contributed by atoms with Gasteiger partial charge in [-0.15, -0.1) is 10.2 Å². The molecule has 2 aromatic heterocycles. The number of aromatic nitrogens is 3. The molecule has 7 heteroatoms. The Bertz CT molecular complexity index is 927. The van der Waals surface area contributed by atoms with Crippen LogP contribution in [0.5, 0.6) is 0 Å². The second-order valence-electron chi connectivity index (χ2n) is 7.33. The molecule has 3 aromatic rings. The third-order valence-corrected chi connectivity index (χ3v) is 6.27. The van der Waals surface area contributed by atoms with Gasteiger partial charge in [0.1, 0.15) is 0 Å². The number of amides is 1. The number of carbonyl (C=O) groups is 1. The van der Waals surface area contributed by atoms with Crippen LogP contribution in [0.2, 0.25) is 0 Å². The first-order valence-corrected chi connectivity index (χ1v) is 10.4. The summed E-state index contributed by atoms with van der Waals surface area (Å²) in [6.07, 6.45) is 6.47. The lowest BCUT2D eigenvalue weighted by atomic mass is 9.87. The second-order valence-corrected chi connectivity index (χ2v) is 8.25. The van der Waals surface area contributed by atoms with Crippen LogP contribution < -0.4 is 0 Å². The topological polar surface area (TPSA) is 75.0 Å². The molecule has 1 saturated carbocycles.